The lowest BCUT2D eigenvalue weighted by atomic mass is 9.79. The molecule has 0 bridgehead atoms. The van der Waals surface area contributed by atoms with Crippen LogP contribution in [0.3, 0.4) is 0 Å². The van der Waals surface area contributed by atoms with Gasteiger partial charge in [-0.3, -0.25) is 4.79 Å². The number of nitrogens with zero attached hydrogens (tertiary/aromatic N) is 5. The molecule has 1 amide bonds. The van der Waals surface area contributed by atoms with Gasteiger partial charge in [-0.25, -0.2) is 14.5 Å². The van der Waals surface area contributed by atoms with Crippen molar-refractivity contribution in [3.8, 4) is 11.5 Å². The average molecular weight is 444 g/mol. The van der Waals surface area contributed by atoms with E-state index in [2.05, 4.69) is 20.9 Å². The van der Waals surface area contributed by atoms with Crippen molar-refractivity contribution < 1.29 is 14.8 Å². The van der Waals surface area contributed by atoms with Crippen LogP contribution in [0.5, 0.6) is 0 Å². The maximum atomic E-state index is 11.7. The molecule has 0 saturated heterocycles. The molecule has 0 unspecified atom stereocenters. The molecular weight excluding hydrogens is 423 g/mol. The van der Waals surface area contributed by atoms with Crippen LogP contribution in [0.4, 0.5) is 5.82 Å². The smallest absolute Gasteiger partial charge is 0.423 e. The van der Waals surface area contributed by atoms with Gasteiger partial charge < -0.3 is 26.4 Å². The lowest BCUT2D eigenvalue weighted by Gasteiger charge is -2.20. The van der Waals surface area contributed by atoms with Crippen molar-refractivity contribution in [2.45, 2.75) is 19.5 Å². The number of carbonyl (C=O) groups excluding carboxylic acids is 1. The zero-order valence-corrected chi connectivity index (χ0v) is 17.6. The average Bonchev–Trinajstić information content (AvgIpc) is 3.26. The number of amides is 1. The van der Waals surface area contributed by atoms with Gasteiger partial charge in [-0.1, -0.05) is 35.5 Å². The van der Waals surface area contributed by atoms with E-state index in [0.29, 0.717) is 41.4 Å². The molecule has 4 heterocycles. The first-order chi connectivity index (χ1) is 16.0. The zero-order chi connectivity index (χ0) is 22.9. The summed E-state index contributed by atoms with van der Waals surface area (Å²) in [4.78, 5) is 21.2. The summed E-state index contributed by atoms with van der Waals surface area (Å²) in [5.41, 5.74) is 9.88. The number of hydrogen-bond acceptors (Lipinski definition) is 9. The van der Waals surface area contributed by atoms with E-state index in [4.69, 9.17) is 15.7 Å². The van der Waals surface area contributed by atoms with Crippen LogP contribution in [0.1, 0.15) is 27.3 Å². The highest BCUT2D eigenvalue weighted by Gasteiger charge is 2.22. The van der Waals surface area contributed by atoms with Crippen molar-refractivity contribution in [2.75, 3.05) is 11.9 Å². The normalized spacial score (nSPS) is 13.0. The Morgan fingerprint density at radius 2 is 2.06 bits per heavy atom. The summed E-state index contributed by atoms with van der Waals surface area (Å²) < 4.78 is 1.39. The van der Waals surface area contributed by atoms with Gasteiger partial charge in [0, 0.05) is 31.6 Å². The van der Waals surface area contributed by atoms with Gasteiger partial charge in [-0.2, -0.15) is 0 Å². The molecular formula is C21H21BN8O3. The van der Waals surface area contributed by atoms with E-state index >= 15 is 0 Å². The highest BCUT2D eigenvalue weighted by atomic mass is 16.4. The third-order valence-corrected chi connectivity index (χ3v) is 5.55. The van der Waals surface area contributed by atoms with Crippen molar-refractivity contribution in [3.63, 3.8) is 0 Å². The second-order valence-corrected chi connectivity index (χ2v) is 7.73. The van der Waals surface area contributed by atoms with Gasteiger partial charge in [0.25, 0.3) is 5.91 Å². The summed E-state index contributed by atoms with van der Waals surface area (Å²) in [6.07, 6.45) is 0.734. The molecule has 0 spiro atoms. The first-order valence-electron chi connectivity index (χ1n) is 10.4. The van der Waals surface area contributed by atoms with Crippen LogP contribution < -0.4 is 21.8 Å². The van der Waals surface area contributed by atoms with Crippen molar-refractivity contribution in [1.82, 2.24) is 30.1 Å². The summed E-state index contributed by atoms with van der Waals surface area (Å²) in [6, 6.07) is 12.1. The Balaban J connectivity index is 1.54. The van der Waals surface area contributed by atoms with Gasteiger partial charge in [0.1, 0.15) is 11.5 Å². The number of fused-ring (bicyclic) bond motifs is 2. The van der Waals surface area contributed by atoms with Crippen molar-refractivity contribution in [3.05, 3.63) is 65.0 Å². The predicted octanol–water partition coefficient (Wildman–Crippen LogP) is -0.777. The van der Waals surface area contributed by atoms with Crippen LogP contribution in [0.2, 0.25) is 0 Å². The lowest BCUT2D eigenvalue weighted by molar-refractivity contribution is 0.0993. The molecule has 1 aromatic carbocycles. The number of nitrogens with one attached hydrogen (secondary N) is 2. The standard InChI is InChI=1S/C21H21BN8O3/c23-19(31)17-6-2-5-16-18(28-29-30(16)17)21-26-15-7-8-24-11-14(15)20(27-21)25-10-12-3-1-4-13(9-12)22(32)33/h1-6,9,24,32-33H,7-8,10-11H2,(H2,23,31)(H,25,26,27). The molecule has 1 aliphatic heterocycles. The number of carbonyl (C=O) groups is 1. The van der Waals surface area contributed by atoms with Crippen molar-refractivity contribution in [1.29, 1.82) is 0 Å². The summed E-state index contributed by atoms with van der Waals surface area (Å²) >= 11 is 0. The Labute approximate surface area is 188 Å². The third kappa shape index (κ3) is 4.02. The highest BCUT2D eigenvalue weighted by molar-refractivity contribution is 6.58. The molecule has 0 aliphatic carbocycles. The maximum absolute atomic E-state index is 11.7. The fraction of sp³-hybridized carbons (Fsp3) is 0.190. The number of benzene rings is 1. The number of aromatic nitrogens is 5. The molecule has 11 nitrogen and oxygen atoms in total. The van der Waals surface area contributed by atoms with E-state index in [0.717, 1.165) is 29.8 Å². The Bertz CT molecular complexity index is 1360. The fourth-order valence-electron chi connectivity index (χ4n) is 3.91. The van der Waals surface area contributed by atoms with Crippen LogP contribution in [0.25, 0.3) is 17.0 Å². The number of hydrogen-bond donors (Lipinski definition) is 5. The lowest BCUT2D eigenvalue weighted by Crippen LogP contribution is -2.30. The Morgan fingerprint density at radius 1 is 1.21 bits per heavy atom. The Hall–Kier alpha value is -3.87. The molecule has 4 aromatic rings. The monoisotopic (exact) mass is 444 g/mol. The van der Waals surface area contributed by atoms with Crippen LogP contribution in [-0.4, -0.2) is 54.4 Å². The molecule has 0 atom stereocenters. The van der Waals surface area contributed by atoms with Gasteiger partial charge in [0.2, 0.25) is 0 Å². The largest absolute Gasteiger partial charge is 0.488 e. The van der Waals surface area contributed by atoms with Gasteiger partial charge in [-0.05, 0) is 23.2 Å². The summed E-state index contributed by atoms with van der Waals surface area (Å²) in [6.45, 7) is 1.85. The molecule has 166 valence electrons. The number of pyridine rings is 1. The second kappa shape index (κ2) is 8.58. The van der Waals surface area contributed by atoms with Crippen LogP contribution in [-0.2, 0) is 19.5 Å². The third-order valence-electron chi connectivity index (χ3n) is 5.55. The van der Waals surface area contributed by atoms with Crippen LogP contribution in [0.15, 0.2) is 42.5 Å². The summed E-state index contributed by atoms with van der Waals surface area (Å²) in [5.74, 6) is 0.450. The Kier molecular flexibility index (Phi) is 5.46. The number of anilines is 1. The first-order valence-corrected chi connectivity index (χ1v) is 10.4. The molecule has 12 heteroatoms. The van der Waals surface area contributed by atoms with E-state index in [1.165, 1.54) is 4.52 Å². The molecule has 1 aliphatic rings. The number of nitrogens with two attached hydrogens (primary N) is 1. The highest BCUT2D eigenvalue weighted by Crippen LogP contribution is 2.26. The number of rotatable bonds is 6. The predicted molar refractivity (Wildman–Crippen MR) is 122 cm³/mol. The quantitative estimate of drug-likeness (QED) is 0.240. The molecule has 33 heavy (non-hydrogen) atoms. The van der Waals surface area contributed by atoms with Gasteiger partial charge in [0.15, 0.2) is 11.5 Å². The van der Waals surface area contributed by atoms with Gasteiger partial charge >= 0.3 is 7.12 Å². The minimum Gasteiger partial charge on any atom is -0.423 e. The molecule has 0 saturated carbocycles. The van der Waals surface area contributed by atoms with Gasteiger partial charge in [0.05, 0.1) is 11.2 Å². The van der Waals surface area contributed by atoms with E-state index in [1.807, 2.05) is 6.07 Å². The zero-order valence-electron chi connectivity index (χ0n) is 17.6. The van der Waals surface area contributed by atoms with Gasteiger partial charge in [-0.15, -0.1) is 5.10 Å². The minimum absolute atomic E-state index is 0.220. The van der Waals surface area contributed by atoms with E-state index in [-0.39, 0.29) is 5.69 Å². The molecule has 6 N–H and O–H groups in total. The van der Waals surface area contributed by atoms with Crippen LogP contribution in [0, 0.1) is 0 Å². The number of primary amides is 1. The second-order valence-electron chi connectivity index (χ2n) is 7.73. The summed E-state index contributed by atoms with van der Waals surface area (Å²) in [5, 5.41) is 33.9. The molecule has 0 radical (unpaired) electrons. The minimum atomic E-state index is -1.53. The fourth-order valence-corrected chi connectivity index (χ4v) is 3.91. The van der Waals surface area contributed by atoms with E-state index in [9.17, 15) is 14.8 Å². The summed E-state index contributed by atoms with van der Waals surface area (Å²) in [7, 11) is -1.53. The Morgan fingerprint density at radius 3 is 2.88 bits per heavy atom. The first kappa shape index (κ1) is 21.0. The molecule has 0 fully saturated rings. The molecule has 5 rings (SSSR count). The van der Waals surface area contributed by atoms with E-state index in [1.54, 1.807) is 36.4 Å². The van der Waals surface area contributed by atoms with Crippen LogP contribution >= 0.6 is 0 Å². The molecule has 3 aromatic heterocycles. The SMILES string of the molecule is NC(=O)c1cccc2c(-c3nc4c(c(NCc5cccc(B(O)O)c5)n3)CNCC4)nnn12. The van der Waals surface area contributed by atoms with Crippen molar-refractivity contribution in [2.24, 2.45) is 5.73 Å². The topological polar surface area (TPSA) is 164 Å². The van der Waals surface area contributed by atoms with E-state index < -0.39 is 13.0 Å². The maximum Gasteiger partial charge on any atom is 0.488 e. The van der Waals surface area contributed by atoms with Crippen molar-refractivity contribution >= 4 is 29.8 Å².